The Labute approximate surface area is 188 Å². The lowest BCUT2D eigenvalue weighted by Gasteiger charge is -2.15. The van der Waals surface area contributed by atoms with Crippen LogP contribution in [0.3, 0.4) is 0 Å². The van der Waals surface area contributed by atoms with E-state index >= 15 is 0 Å². The first-order valence-corrected chi connectivity index (χ1v) is 10.2. The van der Waals surface area contributed by atoms with Gasteiger partial charge in [-0.25, -0.2) is 4.39 Å². The van der Waals surface area contributed by atoms with Crippen LogP contribution in [0.2, 0.25) is 10.0 Å². The molecule has 1 saturated heterocycles. The highest BCUT2D eigenvalue weighted by Gasteiger charge is 2.47. The average Bonchev–Trinajstić information content (AvgIpc) is 3.05. The summed E-state index contributed by atoms with van der Waals surface area (Å²) in [5.74, 6) is -1.33. The zero-order valence-electron chi connectivity index (χ0n) is 16.1. The third-order valence-corrected chi connectivity index (χ3v) is 5.52. The molecular weight excluding hydrogens is 440 g/mol. The monoisotopic (exact) mass is 456 g/mol. The molecule has 8 heteroatoms. The van der Waals surface area contributed by atoms with Crippen LogP contribution in [0.4, 0.5) is 4.39 Å². The first-order chi connectivity index (χ1) is 14.9. The summed E-state index contributed by atoms with van der Waals surface area (Å²) in [6, 6.07) is 17.9. The van der Waals surface area contributed by atoms with Crippen molar-refractivity contribution in [3.05, 3.63) is 105 Å². The zero-order valence-corrected chi connectivity index (χ0v) is 17.6. The Morgan fingerprint density at radius 1 is 1.00 bits per heavy atom. The Balaban J connectivity index is 1.71. The van der Waals surface area contributed by atoms with Crippen LogP contribution in [-0.2, 0) is 4.79 Å². The van der Waals surface area contributed by atoms with Crippen LogP contribution in [-0.4, -0.2) is 28.8 Å². The van der Waals surface area contributed by atoms with Gasteiger partial charge in [0, 0.05) is 16.1 Å². The molecule has 156 valence electrons. The highest BCUT2D eigenvalue weighted by Crippen LogP contribution is 2.27. The van der Waals surface area contributed by atoms with E-state index in [9.17, 15) is 14.0 Å². The van der Waals surface area contributed by atoms with Gasteiger partial charge in [0.05, 0.1) is 10.6 Å². The number of benzene rings is 3. The van der Waals surface area contributed by atoms with Crippen molar-refractivity contribution in [3.63, 3.8) is 0 Å². The summed E-state index contributed by atoms with van der Waals surface area (Å²) in [5, 5.41) is 3.83. The summed E-state index contributed by atoms with van der Waals surface area (Å²) in [6.07, 6.45) is 1.71. The lowest BCUT2D eigenvalue weighted by atomic mass is 9.99. The van der Waals surface area contributed by atoms with Gasteiger partial charge in [-0.2, -0.15) is 0 Å². The molecule has 2 amide bonds. The Hall–Kier alpha value is -3.22. The summed E-state index contributed by atoms with van der Waals surface area (Å²) in [7, 11) is 0. The molecule has 0 aliphatic carbocycles. The minimum absolute atomic E-state index is 0.248. The van der Waals surface area contributed by atoms with Gasteiger partial charge in [0.25, 0.3) is 5.91 Å². The third kappa shape index (κ3) is 4.60. The number of hydrogen-bond acceptors (Lipinski definition) is 2. The van der Waals surface area contributed by atoms with Gasteiger partial charge in [-0.1, -0.05) is 47.5 Å². The maximum atomic E-state index is 13.2. The zero-order chi connectivity index (χ0) is 22.0. The molecule has 5 nitrogen and oxygen atoms in total. The molecule has 31 heavy (non-hydrogen) atoms. The molecule has 3 aromatic rings. The number of hydrazine groups is 1. The van der Waals surface area contributed by atoms with Gasteiger partial charge >= 0.3 is 5.91 Å². The van der Waals surface area contributed by atoms with E-state index in [0.29, 0.717) is 15.6 Å². The molecule has 0 spiro atoms. The van der Waals surface area contributed by atoms with E-state index < -0.39 is 29.7 Å². The molecule has 0 unspecified atom stereocenters. The summed E-state index contributed by atoms with van der Waals surface area (Å²) in [6.45, 7) is 0. The normalized spacial score (nSPS) is 19.3. The van der Waals surface area contributed by atoms with E-state index in [2.05, 4.69) is 10.7 Å². The summed E-state index contributed by atoms with van der Waals surface area (Å²) in [4.78, 5) is 25.5. The number of halogens is 3. The van der Waals surface area contributed by atoms with Gasteiger partial charge < -0.3 is 5.32 Å². The van der Waals surface area contributed by atoms with E-state index in [1.807, 2.05) is 18.2 Å². The molecule has 2 atom stereocenters. The molecule has 3 aromatic carbocycles. The first-order valence-electron chi connectivity index (χ1n) is 9.42. The number of nitrogens with one attached hydrogen (secondary N) is 2. The van der Waals surface area contributed by atoms with Crippen molar-refractivity contribution >= 4 is 41.2 Å². The van der Waals surface area contributed by atoms with Crippen molar-refractivity contribution < 1.29 is 18.7 Å². The van der Waals surface area contributed by atoms with Crippen molar-refractivity contribution in [2.24, 2.45) is 0 Å². The highest BCUT2D eigenvalue weighted by atomic mass is 35.5. The fourth-order valence-electron chi connectivity index (χ4n) is 3.40. The van der Waals surface area contributed by atoms with Crippen molar-refractivity contribution in [1.82, 2.24) is 10.7 Å². The van der Waals surface area contributed by atoms with Crippen molar-refractivity contribution in [1.29, 1.82) is 0 Å². The minimum Gasteiger partial charge on any atom is -0.334 e. The molecule has 0 bridgehead atoms. The number of carbonyl (C=O) groups excluding carboxylic acids is 2. The molecule has 1 fully saturated rings. The molecule has 1 heterocycles. The van der Waals surface area contributed by atoms with Crippen LogP contribution in [0, 0.1) is 5.82 Å². The highest BCUT2D eigenvalue weighted by molar-refractivity contribution is 6.33. The van der Waals surface area contributed by atoms with Crippen molar-refractivity contribution in [2.75, 3.05) is 0 Å². The van der Waals surface area contributed by atoms with E-state index in [1.54, 1.807) is 41.2 Å². The number of hydrazone groups is 1. The molecule has 1 aliphatic rings. The van der Waals surface area contributed by atoms with Gasteiger partial charge in [-0.05, 0) is 48.5 Å². The Kier molecular flexibility index (Phi) is 6.02. The Morgan fingerprint density at radius 2 is 1.68 bits per heavy atom. The van der Waals surface area contributed by atoms with Crippen molar-refractivity contribution in [3.8, 4) is 0 Å². The maximum Gasteiger partial charge on any atom is 0.304 e. The van der Waals surface area contributed by atoms with Crippen LogP contribution in [0.15, 0.2) is 72.8 Å². The van der Waals surface area contributed by atoms with Crippen LogP contribution >= 0.6 is 23.2 Å². The topological polar surface area (TPSA) is 61.2 Å². The summed E-state index contributed by atoms with van der Waals surface area (Å²) in [5.41, 5.74) is 4.49. The van der Waals surface area contributed by atoms with Gasteiger partial charge in [-0.3, -0.25) is 9.59 Å². The van der Waals surface area contributed by atoms with E-state index in [0.717, 1.165) is 5.56 Å². The second-order valence-corrected chi connectivity index (χ2v) is 7.83. The quantitative estimate of drug-likeness (QED) is 0.579. The van der Waals surface area contributed by atoms with Gasteiger partial charge in [-0.15, -0.1) is 10.1 Å². The average molecular weight is 457 g/mol. The number of amides is 2. The lowest BCUT2D eigenvalue weighted by molar-refractivity contribution is -0.596. The minimum atomic E-state index is -0.905. The number of rotatable bonds is 4. The maximum absolute atomic E-state index is 13.2. The molecule has 4 rings (SSSR count). The van der Waals surface area contributed by atoms with Crippen LogP contribution in [0.1, 0.15) is 27.5 Å². The Morgan fingerprint density at radius 3 is 2.35 bits per heavy atom. The van der Waals surface area contributed by atoms with Gasteiger partial charge in [0.15, 0.2) is 6.04 Å². The first kappa shape index (κ1) is 21.0. The Bertz CT molecular complexity index is 1160. The molecule has 2 N–H and O–H groups in total. The molecule has 0 radical (unpaired) electrons. The molecule has 0 saturated carbocycles. The van der Waals surface area contributed by atoms with Gasteiger partial charge in [0.1, 0.15) is 5.82 Å². The largest absolute Gasteiger partial charge is 0.334 e. The third-order valence-electron chi connectivity index (χ3n) is 4.93. The predicted molar refractivity (Wildman–Crippen MR) is 117 cm³/mol. The summed E-state index contributed by atoms with van der Waals surface area (Å²) < 4.78 is 14.8. The lowest BCUT2D eigenvalue weighted by Crippen LogP contribution is -2.42. The smallest absolute Gasteiger partial charge is 0.304 e. The van der Waals surface area contributed by atoms with Crippen LogP contribution < -0.4 is 10.7 Å². The SMILES string of the molecule is O=C(N[C@H]1C(=O)N/[N+](=C\c2ccccc2Cl)[C@H]1c1ccc(Cl)cc1)c1ccc(F)cc1. The standard InChI is InChI=1S/C23H16Cl2FN3O2/c24-17-9-5-14(6-10-17)21-20(27-22(30)15-7-11-18(26)12-8-15)23(31)28-29(21)13-16-3-1-2-4-19(16)25/h1-13,20-21H,(H-,27,28,30,31)/p+1/b29-13-/t20-,21+/m1/s1. The van der Waals surface area contributed by atoms with Gasteiger partial charge in [0.2, 0.25) is 12.3 Å². The number of hydrogen-bond donors (Lipinski definition) is 2. The summed E-state index contributed by atoms with van der Waals surface area (Å²) >= 11 is 12.3. The second-order valence-electron chi connectivity index (χ2n) is 6.99. The fourth-order valence-corrected chi connectivity index (χ4v) is 3.71. The van der Waals surface area contributed by atoms with E-state index in [1.165, 1.54) is 24.3 Å². The van der Waals surface area contributed by atoms with Crippen molar-refractivity contribution in [2.45, 2.75) is 12.1 Å². The second kappa shape index (κ2) is 8.88. The molecule has 0 aromatic heterocycles. The van der Waals surface area contributed by atoms with Crippen LogP contribution in [0.25, 0.3) is 0 Å². The van der Waals surface area contributed by atoms with E-state index in [4.69, 9.17) is 23.2 Å². The fraction of sp³-hybridized carbons (Fsp3) is 0.0870. The number of carbonyl (C=O) groups is 2. The molecular formula is C23H17Cl2FN3O2+. The molecule has 1 aliphatic heterocycles. The number of nitrogens with zero attached hydrogens (tertiary/aromatic N) is 1. The van der Waals surface area contributed by atoms with E-state index in [-0.39, 0.29) is 5.56 Å². The predicted octanol–water partition coefficient (Wildman–Crippen LogP) is 4.15. The van der Waals surface area contributed by atoms with Crippen LogP contribution in [0.5, 0.6) is 0 Å².